The van der Waals surface area contributed by atoms with Gasteiger partial charge in [-0.05, 0) is 39.7 Å². The zero-order valence-electron chi connectivity index (χ0n) is 16.7. The summed E-state index contributed by atoms with van der Waals surface area (Å²) < 4.78 is 13.5. The summed E-state index contributed by atoms with van der Waals surface area (Å²) >= 11 is 0. The van der Waals surface area contributed by atoms with Crippen LogP contribution in [0, 0.1) is 12.8 Å². The minimum atomic E-state index is -0.565. The van der Waals surface area contributed by atoms with Crippen LogP contribution in [-0.4, -0.2) is 45.6 Å². The number of amides is 1. The van der Waals surface area contributed by atoms with Gasteiger partial charge in [0.25, 0.3) is 0 Å². The van der Waals surface area contributed by atoms with Gasteiger partial charge in [0.15, 0.2) is 5.79 Å². The van der Waals surface area contributed by atoms with Crippen LogP contribution in [0.1, 0.15) is 63.8 Å². The Balaban J connectivity index is 1.73. The Labute approximate surface area is 156 Å². The van der Waals surface area contributed by atoms with Crippen molar-refractivity contribution in [2.45, 2.75) is 77.7 Å². The average molecular weight is 364 g/mol. The molecule has 3 rings (SSSR count). The number of ether oxygens (including phenoxy) is 2. The molecular weight excluding hydrogens is 330 g/mol. The van der Waals surface area contributed by atoms with Crippen molar-refractivity contribution in [3.8, 4) is 0 Å². The summed E-state index contributed by atoms with van der Waals surface area (Å²) in [5, 5.41) is 4.43. The van der Waals surface area contributed by atoms with Gasteiger partial charge in [0.1, 0.15) is 6.10 Å². The minimum Gasteiger partial charge on any atom is -0.348 e. The number of rotatable bonds is 5. The lowest BCUT2D eigenvalue weighted by Gasteiger charge is -2.29. The highest BCUT2D eigenvalue weighted by atomic mass is 16.7. The summed E-state index contributed by atoms with van der Waals surface area (Å²) in [5.41, 5.74) is 2.04. The third-order valence-corrected chi connectivity index (χ3v) is 5.46. The number of aromatic nitrogens is 2. The second-order valence-electron chi connectivity index (χ2n) is 8.26. The van der Waals surface area contributed by atoms with E-state index in [1.54, 1.807) is 0 Å². The fourth-order valence-corrected chi connectivity index (χ4v) is 4.12. The molecule has 2 fully saturated rings. The molecule has 1 saturated carbocycles. The van der Waals surface area contributed by atoms with Gasteiger partial charge < -0.3 is 14.4 Å². The lowest BCUT2D eigenvalue weighted by molar-refractivity contribution is -0.149. The Kier molecular flexibility index (Phi) is 6.03. The number of aryl methyl sites for hydroxylation is 2. The first-order valence-corrected chi connectivity index (χ1v) is 9.94. The molecule has 146 valence electrons. The number of carbonyl (C=O) groups excluding carboxylic acids is 1. The van der Waals surface area contributed by atoms with Crippen LogP contribution in [-0.2, 0) is 27.9 Å². The maximum atomic E-state index is 13.3. The molecule has 2 aliphatic rings. The third kappa shape index (κ3) is 4.86. The smallest absolute Gasteiger partial charge is 0.226 e. The average Bonchev–Trinajstić information content (AvgIpc) is 2.94. The Hall–Kier alpha value is -1.40. The molecule has 26 heavy (non-hydrogen) atoms. The van der Waals surface area contributed by atoms with E-state index < -0.39 is 5.79 Å². The predicted molar refractivity (Wildman–Crippen MR) is 99.5 cm³/mol. The van der Waals surface area contributed by atoms with Crippen LogP contribution >= 0.6 is 0 Å². The van der Waals surface area contributed by atoms with E-state index in [0.29, 0.717) is 19.7 Å². The molecule has 1 aliphatic carbocycles. The summed E-state index contributed by atoms with van der Waals surface area (Å²) in [6.45, 7) is 7.52. The van der Waals surface area contributed by atoms with E-state index in [-0.39, 0.29) is 17.9 Å². The Morgan fingerprint density at radius 1 is 1.31 bits per heavy atom. The normalized spacial score (nSPS) is 23.8. The lowest BCUT2D eigenvalue weighted by Crippen LogP contribution is -2.42. The van der Waals surface area contributed by atoms with Gasteiger partial charge in [-0.25, -0.2) is 0 Å². The summed E-state index contributed by atoms with van der Waals surface area (Å²) in [6, 6.07) is 2.06. The van der Waals surface area contributed by atoms with Gasteiger partial charge in [0.05, 0.1) is 24.5 Å². The van der Waals surface area contributed by atoms with E-state index in [1.807, 2.05) is 37.4 Å². The molecule has 1 atom stereocenters. The molecule has 0 radical (unpaired) electrons. The van der Waals surface area contributed by atoms with E-state index in [4.69, 9.17) is 9.47 Å². The van der Waals surface area contributed by atoms with Gasteiger partial charge >= 0.3 is 0 Å². The Morgan fingerprint density at radius 2 is 2.00 bits per heavy atom. The van der Waals surface area contributed by atoms with Crippen molar-refractivity contribution in [3.05, 3.63) is 17.5 Å². The van der Waals surface area contributed by atoms with Crippen LogP contribution in [0.25, 0.3) is 0 Å². The highest BCUT2D eigenvalue weighted by Gasteiger charge is 2.36. The summed E-state index contributed by atoms with van der Waals surface area (Å²) in [7, 11) is 1.94. The topological polar surface area (TPSA) is 56.6 Å². The van der Waals surface area contributed by atoms with Crippen molar-refractivity contribution < 1.29 is 14.3 Å². The lowest BCUT2D eigenvalue weighted by atomic mass is 9.98. The molecule has 1 aromatic rings. The van der Waals surface area contributed by atoms with Crippen LogP contribution < -0.4 is 0 Å². The second kappa shape index (κ2) is 8.09. The molecule has 0 spiro atoms. The zero-order valence-corrected chi connectivity index (χ0v) is 16.7. The van der Waals surface area contributed by atoms with Crippen molar-refractivity contribution in [1.82, 2.24) is 14.7 Å². The molecule has 0 bridgehead atoms. The fourth-order valence-electron chi connectivity index (χ4n) is 4.12. The molecule has 0 aromatic carbocycles. The van der Waals surface area contributed by atoms with E-state index in [2.05, 4.69) is 11.2 Å². The maximum absolute atomic E-state index is 13.3. The third-order valence-electron chi connectivity index (χ3n) is 5.46. The first-order chi connectivity index (χ1) is 12.3. The first kappa shape index (κ1) is 19.4. The molecule has 1 saturated heterocycles. The van der Waals surface area contributed by atoms with E-state index in [9.17, 15) is 4.79 Å². The summed E-state index contributed by atoms with van der Waals surface area (Å²) in [5.74, 6) is -0.161. The number of hydrogen-bond acceptors (Lipinski definition) is 4. The van der Waals surface area contributed by atoms with Crippen LogP contribution in [0.4, 0.5) is 0 Å². The van der Waals surface area contributed by atoms with Gasteiger partial charge in [-0.2, -0.15) is 5.10 Å². The molecule has 1 aromatic heterocycles. The molecule has 1 amide bonds. The van der Waals surface area contributed by atoms with Gasteiger partial charge in [-0.1, -0.05) is 25.7 Å². The van der Waals surface area contributed by atoms with Gasteiger partial charge in [0.2, 0.25) is 5.91 Å². The van der Waals surface area contributed by atoms with Crippen LogP contribution in [0.5, 0.6) is 0 Å². The summed E-state index contributed by atoms with van der Waals surface area (Å²) in [6.07, 6.45) is 6.75. The van der Waals surface area contributed by atoms with E-state index in [0.717, 1.165) is 37.1 Å². The first-order valence-electron chi connectivity index (χ1n) is 9.94. The Morgan fingerprint density at radius 3 is 2.54 bits per heavy atom. The second-order valence-corrected chi connectivity index (χ2v) is 8.26. The molecule has 0 unspecified atom stereocenters. The largest absolute Gasteiger partial charge is 0.348 e. The molecule has 1 aliphatic heterocycles. The number of nitrogens with zero attached hydrogens (tertiary/aromatic N) is 3. The molecule has 6 heteroatoms. The number of carbonyl (C=O) groups is 1. The standard InChI is InChI=1S/C20H33N3O3/c1-15-11-17(22(4)21-15)12-23(13-18-14-25-20(2,3)26-18)19(24)16-9-7-5-6-8-10-16/h11,16,18H,5-10,12-14H2,1-4H3/t18-/m1/s1. The van der Waals surface area contributed by atoms with Gasteiger partial charge in [0, 0.05) is 19.5 Å². The predicted octanol–water partition coefficient (Wildman–Crippen LogP) is 3.18. The zero-order chi connectivity index (χ0) is 18.7. The maximum Gasteiger partial charge on any atom is 0.226 e. The van der Waals surface area contributed by atoms with Crippen LogP contribution in [0.3, 0.4) is 0 Å². The summed E-state index contributed by atoms with van der Waals surface area (Å²) in [4.78, 5) is 15.3. The van der Waals surface area contributed by atoms with Crippen LogP contribution in [0.2, 0.25) is 0 Å². The van der Waals surface area contributed by atoms with Gasteiger partial charge in [-0.15, -0.1) is 0 Å². The molecule has 0 N–H and O–H groups in total. The number of hydrogen-bond donors (Lipinski definition) is 0. The highest BCUT2D eigenvalue weighted by Crippen LogP contribution is 2.27. The quantitative estimate of drug-likeness (QED) is 0.754. The van der Waals surface area contributed by atoms with Crippen molar-refractivity contribution in [2.24, 2.45) is 13.0 Å². The molecular formula is C20H33N3O3. The Bertz CT molecular complexity index is 618. The van der Waals surface area contributed by atoms with Crippen molar-refractivity contribution in [2.75, 3.05) is 13.2 Å². The van der Waals surface area contributed by atoms with Crippen molar-refractivity contribution in [3.63, 3.8) is 0 Å². The van der Waals surface area contributed by atoms with E-state index >= 15 is 0 Å². The molecule has 6 nitrogen and oxygen atoms in total. The fraction of sp³-hybridized carbons (Fsp3) is 0.800. The van der Waals surface area contributed by atoms with Gasteiger partial charge in [-0.3, -0.25) is 9.48 Å². The monoisotopic (exact) mass is 363 g/mol. The minimum absolute atomic E-state index is 0.0750. The van der Waals surface area contributed by atoms with E-state index in [1.165, 1.54) is 12.8 Å². The van der Waals surface area contributed by atoms with Crippen molar-refractivity contribution in [1.29, 1.82) is 0 Å². The van der Waals surface area contributed by atoms with Crippen LogP contribution in [0.15, 0.2) is 6.07 Å². The molecule has 2 heterocycles. The van der Waals surface area contributed by atoms with Crippen molar-refractivity contribution >= 4 is 5.91 Å². The SMILES string of the molecule is Cc1cc(CN(C[C@@H]2COC(C)(C)O2)C(=O)C2CCCCCC2)n(C)n1. The highest BCUT2D eigenvalue weighted by molar-refractivity contribution is 5.78.